The first-order valence-electron chi connectivity index (χ1n) is 11.2. The second kappa shape index (κ2) is 9.91. The van der Waals surface area contributed by atoms with Crippen LogP contribution in [0.2, 0.25) is 0 Å². The first-order valence-corrected chi connectivity index (χ1v) is 11.2. The van der Waals surface area contributed by atoms with Gasteiger partial charge < -0.3 is 14.7 Å². The van der Waals surface area contributed by atoms with Gasteiger partial charge in [-0.1, -0.05) is 55.5 Å². The number of carbonyl (C=O) groups excluding carboxylic acids is 2. The third kappa shape index (κ3) is 4.44. The van der Waals surface area contributed by atoms with Crippen LogP contribution in [0.25, 0.3) is 5.76 Å². The molecule has 1 amide bonds. The van der Waals surface area contributed by atoms with Gasteiger partial charge in [0.2, 0.25) is 0 Å². The first kappa shape index (κ1) is 23.2. The number of hydrogen-bond acceptors (Lipinski definition) is 4. The van der Waals surface area contributed by atoms with Crippen molar-refractivity contribution >= 4 is 17.4 Å². The molecule has 5 nitrogen and oxygen atoms in total. The molecule has 1 aliphatic rings. The van der Waals surface area contributed by atoms with E-state index in [1.54, 1.807) is 30.3 Å². The maximum atomic E-state index is 14.7. The lowest BCUT2D eigenvalue weighted by molar-refractivity contribution is -0.139. The van der Waals surface area contributed by atoms with Crippen LogP contribution in [0.1, 0.15) is 41.6 Å². The molecule has 0 aliphatic carbocycles. The molecule has 1 fully saturated rings. The average molecular weight is 460 g/mol. The van der Waals surface area contributed by atoms with Crippen molar-refractivity contribution in [3.8, 4) is 5.75 Å². The second-order valence-corrected chi connectivity index (χ2v) is 8.27. The normalized spacial score (nSPS) is 17.3. The fraction of sp³-hybridized carbons (Fsp3) is 0.214. The Balaban J connectivity index is 1.71. The Morgan fingerprint density at radius 1 is 1.03 bits per heavy atom. The number of aryl methyl sites for hydroxylation is 1. The van der Waals surface area contributed by atoms with Crippen molar-refractivity contribution in [3.05, 3.63) is 106 Å². The van der Waals surface area contributed by atoms with Gasteiger partial charge in [-0.15, -0.1) is 0 Å². The monoisotopic (exact) mass is 459 g/mol. The maximum absolute atomic E-state index is 14.7. The fourth-order valence-corrected chi connectivity index (χ4v) is 4.22. The topological polar surface area (TPSA) is 66.8 Å². The SMILES string of the molecule is CCCN1C(=O)C(=O)/C(=C(/O)c2ccc(OCc3ccccc3)c(C)c2)C1c1ccccc1F. The predicted octanol–water partition coefficient (Wildman–Crippen LogP) is 5.54. The summed E-state index contributed by atoms with van der Waals surface area (Å²) in [7, 11) is 0. The van der Waals surface area contributed by atoms with Crippen molar-refractivity contribution in [3.63, 3.8) is 0 Å². The Hall–Kier alpha value is -3.93. The number of amides is 1. The summed E-state index contributed by atoms with van der Waals surface area (Å²) >= 11 is 0. The van der Waals surface area contributed by atoms with Crippen LogP contribution in [-0.2, 0) is 16.2 Å². The third-order valence-electron chi connectivity index (χ3n) is 5.89. The van der Waals surface area contributed by atoms with Crippen molar-refractivity contribution in [2.75, 3.05) is 6.54 Å². The van der Waals surface area contributed by atoms with Crippen LogP contribution in [-0.4, -0.2) is 28.2 Å². The van der Waals surface area contributed by atoms with E-state index in [0.717, 1.165) is 11.1 Å². The minimum absolute atomic E-state index is 0.110. The van der Waals surface area contributed by atoms with Crippen LogP contribution in [0, 0.1) is 12.7 Å². The highest BCUT2D eigenvalue weighted by atomic mass is 19.1. The van der Waals surface area contributed by atoms with E-state index in [1.165, 1.54) is 17.0 Å². The molecule has 1 saturated heterocycles. The van der Waals surface area contributed by atoms with Gasteiger partial charge in [-0.2, -0.15) is 0 Å². The zero-order valence-corrected chi connectivity index (χ0v) is 19.1. The molecule has 1 heterocycles. The lowest BCUT2D eigenvalue weighted by Gasteiger charge is -2.25. The molecule has 1 aliphatic heterocycles. The fourth-order valence-electron chi connectivity index (χ4n) is 4.22. The van der Waals surface area contributed by atoms with E-state index in [1.807, 2.05) is 44.2 Å². The molecule has 0 bridgehead atoms. The van der Waals surface area contributed by atoms with Crippen molar-refractivity contribution in [1.82, 2.24) is 4.90 Å². The van der Waals surface area contributed by atoms with Crippen molar-refractivity contribution in [2.45, 2.75) is 32.9 Å². The van der Waals surface area contributed by atoms with Crippen LogP contribution >= 0.6 is 0 Å². The van der Waals surface area contributed by atoms with Gasteiger partial charge in [0.25, 0.3) is 11.7 Å². The summed E-state index contributed by atoms with van der Waals surface area (Å²) in [5.74, 6) is -1.79. The number of Topliss-reactive ketones (excluding diaryl/α,β-unsaturated/α-hetero) is 1. The number of aliphatic hydroxyl groups excluding tert-OH is 1. The van der Waals surface area contributed by atoms with Crippen LogP contribution in [0.4, 0.5) is 4.39 Å². The van der Waals surface area contributed by atoms with Gasteiger partial charge in [0.05, 0.1) is 11.6 Å². The number of carbonyl (C=O) groups is 2. The van der Waals surface area contributed by atoms with Gasteiger partial charge >= 0.3 is 0 Å². The highest BCUT2D eigenvalue weighted by molar-refractivity contribution is 6.46. The summed E-state index contributed by atoms with van der Waals surface area (Å²) in [6.07, 6.45) is 0.588. The summed E-state index contributed by atoms with van der Waals surface area (Å²) in [4.78, 5) is 27.1. The molecule has 1 unspecified atom stereocenters. The summed E-state index contributed by atoms with van der Waals surface area (Å²) in [5.41, 5.74) is 2.21. The van der Waals surface area contributed by atoms with E-state index >= 15 is 0 Å². The van der Waals surface area contributed by atoms with Crippen LogP contribution in [0.15, 0.2) is 78.4 Å². The van der Waals surface area contributed by atoms with Crippen molar-refractivity contribution in [1.29, 1.82) is 0 Å². The quantitative estimate of drug-likeness (QED) is 0.286. The highest BCUT2D eigenvalue weighted by Gasteiger charge is 2.46. The number of likely N-dealkylation sites (tertiary alicyclic amines) is 1. The molecule has 34 heavy (non-hydrogen) atoms. The van der Waals surface area contributed by atoms with E-state index in [-0.39, 0.29) is 23.4 Å². The van der Waals surface area contributed by atoms with Crippen LogP contribution in [0.5, 0.6) is 5.75 Å². The molecule has 0 saturated carbocycles. The second-order valence-electron chi connectivity index (χ2n) is 8.27. The number of nitrogens with zero attached hydrogens (tertiary/aromatic N) is 1. The Kier molecular flexibility index (Phi) is 6.77. The number of halogens is 1. The number of rotatable bonds is 7. The van der Waals surface area contributed by atoms with E-state index < -0.39 is 23.5 Å². The first-order chi connectivity index (χ1) is 16.4. The van der Waals surface area contributed by atoms with Gasteiger partial charge in [-0.25, -0.2) is 4.39 Å². The molecule has 0 spiro atoms. The largest absolute Gasteiger partial charge is 0.507 e. The molecule has 0 radical (unpaired) electrons. The predicted molar refractivity (Wildman–Crippen MR) is 128 cm³/mol. The van der Waals surface area contributed by atoms with Gasteiger partial charge in [0.1, 0.15) is 23.9 Å². The molecule has 1 atom stereocenters. The minimum atomic E-state index is -0.990. The van der Waals surface area contributed by atoms with E-state index in [4.69, 9.17) is 4.74 Å². The highest BCUT2D eigenvalue weighted by Crippen LogP contribution is 2.40. The van der Waals surface area contributed by atoms with E-state index in [9.17, 15) is 19.1 Å². The summed E-state index contributed by atoms with van der Waals surface area (Å²) in [5, 5.41) is 11.2. The molecule has 3 aromatic carbocycles. The van der Waals surface area contributed by atoms with Crippen LogP contribution < -0.4 is 4.74 Å². The van der Waals surface area contributed by atoms with Gasteiger partial charge in [0.15, 0.2) is 0 Å². The summed E-state index contributed by atoms with van der Waals surface area (Å²) < 4.78 is 20.6. The van der Waals surface area contributed by atoms with E-state index in [2.05, 4.69) is 0 Å². The minimum Gasteiger partial charge on any atom is -0.507 e. The molecule has 174 valence electrons. The van der Waals surface area contributed by atoms with Crippen LogP contribution in [0.3, 0.4) is 0 Å². The lowest BCUT2D eigenvalue weighted by Crippen LogP contribution is -2.30. The molecular weight excluding hydrogens is 433 g/mol. The van der Waals surface area contributed by atoms with E-state index in [0.29, 0.717) is 24.3 Å². The Morgan fingerprint density at radius 2 is 1.74 bits per heavy atom. The molecular formula is C28H26FNO4. The summed E-state index contributed by atoms with van der Waals surface area (Å²) in [6, 6.07) is 19.8. The molecule has 0 aromatic heterocycles. The van der Waals surface area contributed by atoms with Crippen molar-refractivity contribution in [2.24, 2.45) is 0 Å². The average Bonchev–Trinajstić information content (AvgIpc) is 3.09. The maximum Gasteiger partial charge on any atom is 0.295 e. The Morgan fingerprint density at radius 3 is 2.41 bits per heavy atom. The smallest absolute Gasteiger partial charge is 0.295 e. The molecule has 6 heteroatoms. The van der Waals surface area contributed by atoms with Gasteiger partial charge in [-0.05, 0) is 48.7 Å². The summed E-state index contributed by atoms with van der Waals surface area (Å²) in [6.45, 7) is 4.37. The lowest BCUT2D eigenvalue weighted by atomic mass is 9.94. The standard InChI is InChI=1S/C28H26FNO4/c1-3-15-30-25(21-11-7-8-12-22(21)29)24(27(32)28(30)33)26(31)20-13-14-23(18(2)16-20)34-17-19-9-5-4-6-10-19/h4-14,16,25,31H,3,15,17H2,1-2H3/b26-24+. The molecule has 4 rings (SSSR count). The molecule has 1 N–H and O–H groups in total. The zero-order valence-electron chi connectivity index (χ0n) is 19.1. The van der Waals surface area contributed by atoms with Gasteiger partial charge in [0, 0.05) is 17.7 Å². The number of ether oxygens (including phenoxy) is 1. The number of ketones is 1. The van der Waals surface area contributed by atoms with Gasteiger partial charge in [-0.3, -0.25) is 9.59 Å². The number of hydrogen-bond donors (Lipinski definition) is 1. The zero-order chi connectivity index (χ0) is 24.2. The van der Waals surface area contributed by atoms with Crippen molar-refractivity contribution < 1.29 is 23.8 Å². The molecule has 3 aromatic rings. The Labute approximate surface area is 198 Å². The number of benzene rings is 3. The number of aliphatic hydroxyl groups is 1. The third-order valence-corrected chi connectivity index (χ3v) is 5.89. The Bertz CT molecular complexity index is 1250.